The third-order valence-electron chi connectivity index (χ3n) is 2.00. The largest absolute Gasteiger partial charge is 0.334 e. The first-order chi connectivity index (χ1) is 8.49. The van der Waals surface area contributed by atoms with Crippen molar-refractivity contribution in [2.45, 2.75) is 0 Å². The third-order valence-corrected chi connectivity index (χ3v) is 3.26. The number of aromatic nitrogens is 2. The van der Waals surface area contributed by atoms with Crippen molar-refractivity contribution in [1.82, 2.24) is 9.97 Å². The van der Waals surface area contributed by atoms with E-state index in [1.165, 1.54) is 0 Å². The standard InChI is InChI=1S/C10H4BrClF3N3/c11-7-9(12)16-3-17-10(7)18-8-5(14)1-4(13)2-6(8)15/h1-3H,(H,16,17,18). The predicted octanol–water partition coefficient (Wildman–Crippen LogP) is 4.05. The number of benzene rings is 1. The van der Waals surface area contributed by atoms with Gasteiger partial charge in [0.2, 0.25) is 0 Å². The SMILES string of the molecule is Fc1cc(F)c(Nc2ncnc(Cl)c2Br)c(F)c1. The van der Waals surface area contributed by atoms with Gasteiger partial charge in [-0.25, -0.2) is 23.1 Å². The molecule has 0 saturated carbocycles. The average Bonchev–Trinajstić information content (AvgIpc) is 2.28. The molecule has 8 heteroatoms. The maximum Gasteiger partial charge on any atom is 0.152 e. The highest BCUT2D eigenvalue weighted by Gasteiger charge is 2.14. The minimum atomic E-state index is -1.07. The number of anilines is 2. The molecule has 2 aromatic rings. The van der Waals surface area contributed by atoms with Gasteiger partial charge in [-0.2, -0.15) is 0 Å². The summed E-state index contributed by atoms with van der Waals surface area (Å²) in [6, 6.07) is 1.12. The quantitative estimate of drug-likeness (QED) is 0.839. The number of nitrogens with one attached hydrogen (secondary N) is 1. The van der Waals surface area contributed by atoms with E-state index in [-0.39, 0.29) is 15.4 Å². The molecule has 0 fully saturated rings. The maximum absolute atomic E-state index is 13.4. The molecule has 0 aliphatic carbocycles. The van der Waals surface area contributed by atoms with Crippen LogP contribution in [-0.4, -0.2) is 9.97 Å². The second-order valence-electron chi connectivity index (χ2n) is 3.20. The lowest BCUT2D eigenvalue weighted by Gasteiger charge is -2.09. The van der Waals surface area contributed by atoms with Crippen LogP contribution in [0.15, 0.2) is 22.9 Å². The highest BCUT2D eigenvalue weighted by atomic mass is 79.9. The Morgan fingerprint density at radius 3 is 2.33 bits per heavy atom. The summed E-state index contributed by atoms with van der Waals surface area (Å²) in [5.41, 5.74) is -0.521. The molecule has 1 aromatic heterocycles. The predicted molar refractivity (Wildman–Crippen MR) is 64.3 cm³/mol. The van der Waals surface area contributed by atoms with Crippen LogP contribution in [0.1, 0.15) is 0 Å². The first kappa shape index (κ1) is 13.1. The molecular formula is C10H4BrClF3N3. The van der Waals surface area contributed by atoms with Gasteiger partial charge in [0.25, 0.3) is 0 Å². The molecule has 18 heavy (non-hydrogen) atoms. The molecule has 94 valence electrons. The zero-order valence-electron chi connectivity index (χ0n) is 8.52. The van der Waals surface area contributed by atoms with E-state index in [9.17, 15) is 13.2 Å². The summed E-state index contributed by atoms with van der Waals surface area (Å²) in [6.45, 7) is 0. The molecule has 0 bridgehead atoms. The zero-order valence-corrected chi connectivity index (χ0v) is 10.9. The second-order valence-corrected chi connectivity index (χ2v) is 4.35. The molecule has 0 amide bonds. The van der Waals surface area contributed by atoms with Crippen LogP contribution in [-0.2, 0) is 0 Å². The van der Waals surface area contributed by atoms with E-state index in [0.717, 1.165) is 6.33 Å². The van der Waals surface area contributed by atoms with Crippen molar-refractivity contribution in [2.75, 3.05) is 5.32 Å². The second kappa shape index (κ2) is 5.11. The summed E-state index contributed by atoms with van der Waals surface area (Å²) in [7, 11) is 0. The zero-order chi connectivity index (χ0) is 13.3. The minimum absolute atomic E-state index is 0.0689. The number of hydrogen-bond donors (Lipinski definition) is 1. The Bertz CT molecular complexity index is 586. The summed E-state index contributed by atoms with van der Waals surface area (Å²) in [6.07, 6.45) is 1.12. The van der Waals surface area contributed by atoms with Gasteiger partial charge in [-0.05, 0) is 15.9 Å². The summed E-state index contributed by atoms with van der Waals surface area (Å²) in [5, 5.41) is 2.46. The van der Waals surface area contributed by atoms with E-state index < -0.39 is 23.1 Å². The van der Waals surface area contributed by atoms with Gasteiger partial charge in [0.1, 0.15) is 28.8 Å². The van der Waals surface area contributed by atoms with E-state index in [0.29, 0.717) is 12.1 Å². The molecule has 3 nitrogen and oxygen atoms in total. The van der Waals surface area contributed by atoms with Crippen molar-refractivity contribution in [2.24, 2.45) is 0 Å². The van der Waals surface area contributed by atoms with Crippen LogP contribution in [0, 0.1) is 17.5 Å². The van der Waals surface area contributed by atoms with Gasteiger partial charge in [-0.15, -0.1) is 0 Å². The normalized spacial score (nSPS) is 10.5. The van der Waals surface area contributed by atoms with Gasteiger partial charge in [0.05, 0.1) is 4.47 Å². The fourth-order valence-corrected chi connectivity index (χ4v) is 1.65. The topological polar surface area (TPSA) is 37.8 Å². The van der Waals surface area contributed by atoms with Crippen molar-refractivity contribution in [3.05, 3.63) is 45.5 Å². The fraction of sp³-hybridized carbons (Fsp3) is 0. The molecule has 0 atom stereocenters. The average molecular weight is 339 g/mol. The molecule has 0 aliphatic heterocycles. The lowest BCUT2D eigenvalue weighted by molar-refractivity contribution is 0.548. The molecule has 0 spiro atoms. The Kier molecular flexibility index (Phi) is 3.72. The maximum atomic E-state index is 13.4. The Morgan fingerprint density at radius 2 is 1.72 bits per heavy atom. The van der Waals surface area contributed by atoms with Crippen LogP contribution in [0.25, 0.3) is 0 Å². The van der Waals surface area contributed by atoms with Crippen LogP contribution < -0.4 is 5.32 Å². The minimum Gasteiger partial charge on any atom is -0.334 e. The van der Waals surface area contributed by atoms with Gasteiger partial charge in [-0.1, -0.05) is 11.6 Å². The van der Waals surface area contributed by atoms with E-state index in [1.807, 2.05) is 0 Å². The highest BCUT2D eigenvalue weighted by Crippen LogP contribution is 2.30. The van der Waals surface area contributed by atoms with Crippen molar-refractivity contribution in [3.63, 3.8) is 0 Å². The number of rotatable bonds is 2. The van der Waals surface area contributed by atoms with Crippen LogP contribution in [0.4, 0.5) is 24.7 Å². The number of nitrogens with zero attached hydrogens (tertiary/aromatic N) is 2. The summed E-state index contributed by atoms with van der Waals surface area (Å²) in [5.74, 6) is -3.09. The summed E-state index contributed by atoms with van der Waals surface area (Å²) >= 11 is 8.76. The number of halogens is 5. The Morgan fingerprint density at radius 1 is 1.11 bits per heavy atom. The molecule has 1 heterocycles. The molecule has 0 aliphatic rings. The molecule has 0 unspecified atom stereocenters. The van der Waals surface area contributed by atoms with E-state index in [4.69, 9.17) is 11.6 Å². The summed E-state index contributed by atoms with van der Waals surface area (Å²) in [4.78, 5) is 7.42. The molecule has 2 rings (SSSR count). The van der Waals surface area contributed by atoms with E-state index >= 15 is 0 Å². The van der Waals surface area contributed by atoms with Crippen molar-refractivity contribution < 1.29 is 13.2 Å². The van der Waals surface area contributed by atoms with Gasteiger partial charge in [0, 0.05) is 12.1 Å². The van der Waals surface area contributed by atoms with Crippen LogP contribution in [0.3, 0.4) is 0 Å². The third kappa shape index (κ3) is 2.56. The van der Waals surface area contributed by atoms with E-state index in [1.54, 1.807) is 0 Å². The van der Waals surface area contributed by atoms with Gasteiger partial charge in [0.15, 0.2) is 11.6 Å². The molecule has 0 radical (unpaired) electrons. The fourth-order valence-electron chi connectivity index (χ4n) is 1.22. The van der Waals surface area contributed by atoms with Gasteiger partial charge >= 0.3 is 0 Å². The smallest absolute Gasteiger partial charge is 0.152 e. The first-order valence-corrected chi connectivity index (χ1v) is 5.73. The van der Waals surface area contributed by atoms with Gasteiger partial charge < -0.3 is 5.32 Å². The lowest BCUT2D eigenvalue weighted by atomic mass is 10.2. The first-order valence-electron chi connectivity index (χ1n) is 4.56. The van der Waals surface area contributed by atoms with Crippen LogP contribution in [0.2, 0.25) is 5.15 Å². The molecule has 0 saturated heterocycles. The van der Waals surface area contributed by atoms with Crippen LogP contribution >= 0.6 is 27.5 Å². The van der Waals surface area contributed by atoms with Gasteiger partial charge in [-0.3, -0.25) is 0 Å². The van der Waals surface area contributed by atoms with Crippen molar-refractivity contribution in [3.8, 4) is 0 Å². The lowest BCUT2D eigenvalue weighted by Crippen LogP contribution is -2.01. The molecule has 1 N–H and O–H groups in total. The van der Waals surface area contributed by atoms with Crippen LogP contribution in [0.5, 0.6) is 0 Å². The Balaban J connectivity index is 2.43. The monoisotopic (exact) mass is 337 g/mol. The Labute approximate surface area is 113 Å². The summed E-state index contributed by atoms with van der Waals surface area (Å²) < 4.78 is 39.8. The highest BCUT2D eigenvalue weighted by molar-refractivity contribution is 9.10. The number of hydrogen-bond acceptors (Lipinski definition) is 3. The molecular weight excluding hydrogens is 334 g/mol. The van der Waals surface area contributed by atoms with E-state index in [2.05, 4.69) is 31.2 Å². The van der Waals surface area contributed by atoms with Crippen molar-refractivity contribution >= 4 is 39.0 Å². The molecule has 1 aromatic carbocycles. The van der Waals surface area contributed by atoms with Crippen molar-refractivity contribution in [1.29, 1.82) is 0 Å². The Hall–Kier alpha value is -1.34.